The van der Waals surface area contributed by atoms with Gasteiger partial charge in [-0.2, -0.15) is 0 Å². The number of halogens is 2. The Balaban J connectivity index is 2.54. The summed E-state index contributed by atoms with van der Waals surface area (Å²) in [4.78, 5) is 0. The molecule has 2 N–H and O–H groups in total. The topological polar surface area (TPSA) is 32.3 Å². The van der Waals surface area contributed by atoms with Crippen molar-refractivity contribution < 1.29 is 13.9 Å². The molecular formula is C4H7F2NO. The Bertz CT molecular complexity index is 96.0. The average Bonchev–Trinajstić information content (AvgIpc) is 1.86. The van der Waals surface area contributed by atoms with Gasteiger partial charge in [0.05, 0.1) is 6.54 Å². The van der Waals surface area contributed by atoms with Gasteiger partial charge in [0.15, 0.2) is 0 Å². The Labute approximate surface area is 45.5 Å². The quantitative estimate of drug-likeness (QED) is 0.458. The Morgan fingerprint density at radius 2 is 2.25 bits per heavy atom. The highest BCUT2D eigenvalue weighted by Gasteiger charge is 2.42. The molecule has 1 fully saturated rings. The number of alkyl halides is 2. The first-order valence-corrected chi connectivity index (χ1v) is 2.39. The smallest absolute Gasteiger partial charge is 0.286 e. The SMILES string of the molecule is O[C@@H]1CNCC1(F)F. The molecule has 1 aliphatic rings. The first-order valence-electron chi connectivity index (χ1n) is 2.39. The molecule has 0 amide bonds. The molecule has 0 aliphatic carbocycles. The molecule has 1 aliphatic heterocycles. The number of rotatable bonds is 0. The molecule has 0 unspecified atom stereocenters. The van der Waals surface area contributed by atoms with Crippen LogP contribution in [0.5, 0.6) is 0 Å². The van der Waals surface area contributed by atoms with Gasteiger partial charge in [0.1, 0.15) is 6.10 Å². The zero-order chi connectivity index (χ0) is 6.20. The maximum atomic E-state index is 12.0. The van der Waals surface area contributed by atoms with Crippen molar-refractivity contribution in [2.45, 2.75) is 12.0 Å². The van der Waals surface area contributed by atoms with E-state index in [9.17, 15) is 8.78 Å². The highest BCUT2D eigenvalue weighted by Crippen LogP contribution is 2.20. The van der Waals surface area contributed by atoms with Crippen LogP contribution < -0.4 is 5.32 Å². The zero-order valence-corrected chi connectivity index (χ0v) is 4.19. The largest absolute Gasteiger partial charge is 0.385 e. The summed E-state index contributed by atoms with van der Waals surface area (Å²) in [5.41, 5.74) is 0. The molecule has 4 heteroatoms. The number of aliphatic hydroxyl groups excluding tert-OH is 1. The van der Waals surface area contributed by atoms with Gasteiger partial charge in [-0.15, -0.1) is 0 Å². The minimum absolute atomic E-state index is 0.00694. The molecule has 8 heavy (non-hydrogen) atoms. The standard InChI is InChI=1S/C4H7F2NO/c5-4(6)2-7-1-3(4)8/h3,7-8H,1-2H2/t3-/m1/s1. The summed E-state index contributed by atoms with van der Waals surface area (Å²) < 4.78 is 24.1. The summed E-state index contributed by atoms with van der Waals surface area (Å²) in [7, 11) is 0. The highest BCUT2D eigenvalue weighted by atomic mass is 19.3. The third kappa shape index (κ3) is 0.809. The highest BCUT2D eigenvalue weighted by molar-refractivity contribution is 4.87. The number of nitrogens with one attached hydrogen (secondary N) is 1. The monoisotopic (exact) mass is 123 g/mol. The van der Waals surface area contributed by atoms with Crippen LogP contribution in [0.3, 0.4) is 0 Å². The molecule has 0 aromatic rings. The minimum Gasteiger partial charge on any atom is -0.385 e. The summed E-state index contributed by atoms with van der Waals surface area (Å²) >= 11 is 0. The molecule has 1 saturated heterocycles. The summed E-state index contributed by atoms with van der Waals surface area (Å²) in [6, 6.07) is 0. The molecule has 0 saturated carbocycles. The average molecular weight is 123 g/mol. The minimum atomic E-state index is -2.90. The van der Waals surface area contributed by atoms with Crippen LogP contribution in [0.1, 0.15) is 0 Å². The van der Waals surface area contributed by atoms with Crippen molar-refractivity contribution in [2.75, 3.05) is 13.1 Å². The van der Waals surface area contributed by atoms with Crippen LogP contribution in [0.25, 0.3) is 0 Å². The van der Waals surface area contributed by atoms with E-state index in [0.29, 0.717) is 0 Å². The lowest BCUT2D eigenvalue weighted by molar-refractivity contribution is -0.0714. The maximum absolute atomic E-state index is 12.0. The van der Waals surface area contributed by atoms with Gasteiger partial charge < -0.3 is 10.4 Å². The summed E-state index contributed by atoms with van der Waals surface area (Å²) in [6.45, 7) is -0.388. The molecule has 1 heterocycles. The zero-order valence-electron chi connectivity index (χ0n) is 4.19. The summed E-state index contributed by atoms with van der Waals surface area (Å²) in [6.07, 6.45) is -1.48. The van der Waals surface area contributed by atoms with E-state index in [-0.39, 0.29) is 6.54 Å². The van der Waals surface area contributed by atoms with Gasteiger partial charge in [-0.3, -0.25) is 0 Å². The van der Waals surface area contributed by atoms with E-state index < -0.39 is 18.6 Å². The number of hydrogen-bond acceptors (Lipinski definition) is 2. The van der Waals surface area contributed by atoms with E-state index in [0.717, 1.165) is 0 Å². The van der Waals surface area contributed by atoms with Crippen molar-refractivity contribution in [2.24, 2.45) is 0 Å². The Hall–Kier alpha value is -0.220. The van der Waals surface area contributed by atoms with E-state index in [1.807, 2.05) is 0 Å². The molecular weight excluding hydrogens is 116 g/mol. The molecule has 1 rings (SSSR count). The molecule has 0 bridgehead atoms. The van der Waals surface area contributed by atoms with Gasteiger partial charge in [0.25, 0.3) is 5.92 Å². The van der Waals surface area contributed by atoms with Gasteiger partial charge in [-0.05, 0) is 0 Å². The fourth-order valence-corrected chi connectivity index (χ4v) is 0.643. The molecule has 0 radical (unpaired) electrons. The van der Waals surface area contributed by atoms with Crippen molar-refractivity contribution >= 4 is 0 Å². The van der Waals surface area contributed by atoms with Crippen LogP contribution >= 0.6 is 0 Å². The van der Waals surface area contributed by atoms with Crippen LogP contribution in [0.4, 0.5) is 8.78 Å². The van der Waals surface area contributed by atoms with E-state index in [1.165, 1.54) is 0 Å². The molecule has 1 atom stereocenters. The van der Waals surface area contributed by atoms with Crippen LogP contribution in [0, 0.1) is 0 Å². The molecule has 0 aromatic carbocycles. The predicted octanol–water partition coefficient (Wildman–Crippen LogP) is -0.414. The van der Waals surface area contributed by atoms with E-state index in [2.05, 4.69) is 5.32 Å². The van der Waals surface area contributed by atoms with E-state index in [1.54, 1.807) is 0 Å². The van der Waals surface area contributed by atoms with Gasteiger partial charge >= 0.3 is 0 Å². The molecule has 0 aromatic heterocycles. The van der Waals surface area contributed by atoms with Crippen molar-refractivity contribution in [3.63, 3.8) is 0 Å². The predicted molar refractivity (Wildman–Crippen MR) is 23.8 cm³/mol. The van der Waals surface area contributed by atoms with Crippen molar-refractivity contribution in [3.05, 3.63) is 0 Å². The lowest BCUT2D eigenvalue weighted by atomic mass is 10.2. The third-order valence-electron chi connectivity index (χ3n) is 1.19. The molecule has 2 nitrogen and oxygen atoms in total. The van der Waals surface area contributed by atoms with Gasteiger partial charge in [0.2, 0.25) is 0 Å². The second-order valence-electron chi connectivity index (χ2n) is 1.91. The maximum Gasteiger partial charge on any atom is 0.286 e. The first kappa shape index (κ1) is 5.91. The van der Waals surface area contributed by atoms with Crippen molar-refractivity contribution in [1.29, 1.82) is 0 Å². The number of aliphatic hydroxyl groups is 1. The normalized spacial score (nSPS) is 35.6. The van der Waals surface area contributed by atoms with Crippen LogP contribution in [-0.4, -0.2) is 30.2 Å². The van der Waals surface area contributed by atoms with Gasteiger partial charge in [0, 0.05) is 6.54 Å². The Kier molecular flexibility index (Phi) is 1.21. The molecule has 48 valence electrons. The van der Waals surface area contributed by atoms with Crippen LogP contribution in [0.15, 0.2) is 0 Å². The lowest BCUT2D eigenvalue weighted by Gasteiger charge is -2.09. The Morgan fingerprint density at radius 1 is 1.62 bits per heavy atom. The number of β-amino-alcohol motifs (C(OH)–C–C–N with tert-alkyl or cyclic N) is 1. The fourth-order valence-electron chi connectivity index (χ4n) is 0.643. The third-order valence-corrected chi connectivity index (χ3v) is 1.19. The van der Waals surface area contributed by atoms with E-state index in [4.69, 9.17) is 5.11 Å². The Morgan fingerprint density at radius 3 is 2.38 bits per heavy atom. The van der Waals surface area contributed by atoms with Crippen molar-refractivity contribution in [3.8, 4) is 0 Å². The summed E-state index contributed by atoms with van der Waals surface area (Å²) in [5.74, 6) is -2.90. The lowest BCUT2D eigenvalue weighted by Crippen LogP contribution is -2.30. The van der Waals surface area contributed by atoms with Crippen LogP contribution in [0.2, 0.25) is 0 Å². The molecule has 0 spiro atoms. The van der Waals surface area contributed by atoms with Crippen molar-refractivity contribution in [1.82, 2.24) is 5.32 Å². The van der Waals surface area contributed by atoms with Crippen LogP contribution in [-0.2, 0) is 0 Å². The van der Waals surface area contributed by atoms with E-state index >= 15 is 0 Å². The first-order chi connectivity index (χ1) is 3.63. The van der Waals surface area contributed by atoms with Gasteiger partial charge in [-0.1, -0.05) is 0 Å². The number of hydrogen-bond donors (Lipinski definition) is 2. The second-order valence-corrected chi connectivity index (χ2v) is 1.91. The summed E-state index contributed by atoms with van der Waals surface area (Å²) in [5, 5.41) is 10.8. The van der Waals surface area contributed by atoms with Gasteiger partial charge in [-0.25, -0.2) is 8.78 Å². The second kappa shape index (κ2) is 1.63. The fraction of sp³-hybridized carbons (Fsp3) is 1.00.